The Balaban J connectivity index is 2.53. The quantitative estimate of drug-likeness (QED) is 0.640. The summed E-state index contributed by atoms with van der Waals surface area (Å²) in [5.74, 6) is -1.10. The molecule has 0 aromatic rings. The molecular weight excluding hydrogens is 158 g/mol. The molecule has 0 radical (unpaired) electrons. The standard InChI is InChI=1S/C8H15NO3/c1-6(8(10)11)7-5-12-4-3-9(7)2/h6-7H,3-5H2,1-2H3,(H,10,11). The molecular formula is C8H15NO3. The summed E-state index contributed by atoms with van der Waals surface area (Å²) >= 11 is 0. The van der Waals surface area contributed by atoms with E-state index in [2.05, 4.69) is 0 Å². The Morgan fingerprint density at radius 1 is 1.75 bits per heavy atom. The normalized spacial score (nSPS) is 28.3. The van der Waals surface area contributed by atoms with Crippen LogP contribution in [0.15, 0.2) is 0 Å². The van der Waals surface area contributed by atoms with Crippen molar-refractivity contribution in [3.8, 4) is 0 Å². The van der Waals surface area contributed by atoms with Gasteiger partial charge in [0.15, 0.2) is 0 Å². The Bertz CT molecular complexity index is 172. The highest BCUT2D eigenvalue weighted by molar-refractivity contribution is 5.70. The van der Waals surface area contributed by atoms with Crippen LogP contribution in [-0.4, -0.2) is 48.8 Å². The SMILES string of the molecule is CC(C(=O)O)C1COCCN1C. The van der Waals surface area contributed by atoms with Gasteiger partial charge in [0.2, 0.25) is 0 Å². The maximum absolute atomic E-state index is 10.7. The average molecular weight is 173 g/mol. The minimum Gasteiger partial charge on any atom is -0.481 e. The van der Waals surface area contributed by atoms with E-state index < -0.39 is 5.97 Å². The molecule has 0 saturated carbocycles. The number of hydrogen-bond donors (Lipinski definition) is 1. The van der Waals surface area contributed by atoms with Crippen molar-refractivity contribution < 1.29 is 14.6 Å². The summed E-state index contributed by atoms with van der Waals surface area (Å²) < 4.78 is 5.22. The van der Waals surface area contributed by atoms with E-state index in [0.717, 1.165) is 6.54 Å². The van der Waals surface area contributed by atoms with Crippen LogP contribution in [0, 0.1) is 5.92 Å². The van der Waals surface area contributed by atoms with Gasteiger partial charge in [-0.05, 0) is 7.05 Å². The molecule has 0 aromatic heterocycles. The summed E-state index contributed by atoms with van der Waals surface area (Å²) in [6, 6.07) is 0.0243. The van der Waals surface area contributed by atoms with E-state index in [1.54, 1.807) is 6.92 Å². The number of carboxylic acid groups (broad SMARTS) is 1. The number of carboxylic acids is 1. The Morgan fingerprint density at radius 3 is 2.92 bits per heavy atom. The second kappa shape index (κ2) is 3.87. The lowest BCUT2D eigenvalue weighted by Crippen LogP contribution is -2.48. The first-order valence-electron chi connectivity index (χ1n) is 4.13. The molecule has 1 fully saturated rings. The fraction of sp³-hybridized carbons (Fsp3) is 0.875. The zero-order valence-electron chi connectivity index (χ0n) is 7.49. The van der Waals surface area contributed by atoms with E-state index in [4.69, 9.17) is 9.84 Å². The van der Waals surface area contributed by atoms with E-state index in [1.807, 2.05) is 11.9 Å². The number of ether oxygens (including phenoxy) is 1. The molecule has 0 aliphatic carbocycles. The molecule has 4 nitrogen and oxygen atoms in total. The highest BCUT2D eigenvalue weighted by Crippen LogP contribution is 2.13. The Kier molecular flexibility index (Phi) is 3.05. The van der Waals surface area contributed by atoms with Crippen molar-refractivity contribution in [2.45, 2.75) is 13.0 Å². The maximum atomic E-state index is 10.7. The van der Waals surface area contributed by atoms with Crippen molar-refractivity contribution >= 4 is 5.97 Å². The number of likely N-dealkylation sites (N-methyl/N-ethyl adjacent to an activating group) is 1. The van der Waals surface area contributed by atoms with Gasteiger partial charge in [0, 0.05) is 12.6 Å². The molecule has 1 rings (SSSR count). The Labute approximate surface area is 72.1 Å². The fourth-order valence-corrected chi connectivity index (χ4v) is 1.40. The number of hydrogen-bond acceptors (Lipinski definition) is 3. The van der Waals surface area contributed by atoms with Crippen molar-refractivity contribution in [3.05, 3.63) is 0 Å². The van der Waals surface area contributed by atoms with Crippen LogP contribution in [0.3, 0.4) is 0 Å². The van der Waals surface area contributed by atoms with Crippen LogP contribution in [0.1, 0.15) is 6.92 Å². The van der Waals surface area contributed by atoms with Gasteiger partial charge in [0.25, 0.3) is 0 Å². The molecule has 12 heavy (non-hydrogen) atoms. The van der Waals surface area contributed by atoms with Gasteiger partial charge in [-0.25, -0.2) is 0 Å². The Hall–Kier alpha value is -0.610. The van der Waals surface area contributed by atoms with Crippen LogP contribution in [0.25, 0.3) is 0 Å². The molecule has 1 aliphatic rings. The smallest absolute Gasteiger partial charge is 0.307 e. The first kappa shape index (κ1) is 9.48. The molecule has 1 aliphatic heterocycles. The monoisotopic (exact) mass is 173 g/mol. The summed E-state index contributed by atoms with van der Waals surface area (Å²) in [5.41, 5.74) is 0. The summed E-state index contributed by atoms with van der Waals surface area (Å²) in [6.07, 6.45) is 0. The molecule has 4 heteroatoms. The van der Waals surface area contributed by atoms with Crippen molar-refractivity contribution in [2.75, 3.05) is 26.8 Å². The highest BCUT2D eigenvalue weighted by Gasteiger charge is 2.29. The fourth-order valence-electron chi connectivity index (χ4n) is 1.40. The highest BCUT2D eigenvalue weighted by atomic mass is 16.5. The molecule has 0 bridgehead atoms. The van der Waals surface area contributed by atoms with Crippen molar-refractivity contribution in [2.24, 2.45) is 5.92 Å². The minimum atomic E-state index is -0.752. The molecule has 0 aromatic carbocycles. The zero-order chi connectivity index (χ0) is 9.14. The lowest BCUT2D eigenvalue weighted by molar-refractivity contribution is -0.146. The van der Waals surface area contributed by atoms with E-state index in [-0.39, 0.29) is 12.0 Å². The molecule has 1 heterocycles. The van der Waals surface area contributed by atoms with Crippen molar-refractivity contribution in [1.29, 1.82) is 0 Å². The largest absolute Gasteiger partial charge is 0.481 e. The molecule has 70 valence electrons. The maximum Gasteiger partial charge on any atom is 0.307 e. The topological polar surface area (TPSA) is 49.8 Å². The predicted molar refractivity (Wildman–Crippen MR) is 44.0 cm³/mol. The average Bonchev–Trinajstić information content (AvgIpc) is 2.04. The van der Waals surface area contributed by atoms with E-state index in [1.165, 1.54) is 0 Å². The molecule has 2 atom stereocenters. The van der Waals surface area contributed by atoms with Crippen molar-refractivity contribution in [3.63, 3.8) is 0 Å². The predicted octanol–water partition coefficient (Wildman–Crippen LogP) is 0.0377. The number of morpholine rings is 1. The summed E-state index contributed by atoms with van der Waals surface area (Å²) in [4.78, 5) is 12.7. The Morgan fingerprint density at radius 2 is 2.42 bits per heavy atom. The van der Waals surface area contributed by atoms with Gasteiger partial charge in [-0.2, -0.15) is 0 Å². The van der Waals surface area contributed by atoms with Crippen LogP contribution < -0.4 is 0 Å². The number of nitrogens with zero attached hydrogens (tertiary/aromatic N) is 1. The van der Waals surface area contributed by atoms with E-state index in [9.17, 15) is 4.79 Å². The molecule has 0 amide bonds. The van der Waals surface area contributed by atoms with Gasteiger partial charge in [-0.1, -0.05) is 6.92 Å². The third kappa shape index (κ3) is 1.95. The first-order valence-corrected chi connectivity index (χ1v) is 4.13. The second-order valence-electron chi connectivity index (χ2n) is 3.25. The van der Waals surface area contributed by atoms with Crippen LogP contribution in [0.2, 0.25) is 0 Å². The van der Waals surface area contributed by atoms with Gasteiger partial charge in [0.05, 0.1) is 19.1 Å². The van der Waals surface area contributed by atoms with Crippen LogP contribution in [0.5, 0.6) is 0 Å². The number of rotatable bonds is 2. The lowest BCUT2D eigenvalue weighted by atomic mass is 10.0. The summed E-state index contributed by atoms with van der Waals surface area (Å²) in [5, 5.41) is 8.77. The van der Waals surface area contributed by atoms with E-state index >= 15 is 0 Å². The number of carbonyl (C=O) groups is 1. The van der Waals surface area contributed by atoms with Gasteiger partial charge in [-0.3, -0.25) is 9.69 Å². The second-order valence-corrected chi connectivity index (χ2v) is 3.25. The third-order valence-electron chi connectivity index (χ3n) is 2.41. The summed E-state index contributed by atoms with van der Waals surface area (Å²) in [6.45, 7) is 3.78. The molecule has 1 saturated heterocycles. The van der Waals surface area contributed by atoms with Crippen molar-refractivity contribution in [1.82, 2.24) is 4.90 Å². The van der Waals surface area contributed by atoms with Gasteiger partial charge in [-0.15, -0.1) is 0 Å². The first-order chi connectivity index (χ1) is 5.63. The van der Waals surface area contributed by atoms with Crippen LogP contribution in [0.4, 0.5) is 0 Å². The van der Waals surface area contributed by atoms with E-state index in [0.29, 0.717) is 13.2 Å². The molecule has 2 unspecified atom stereocenters. The van der Waals surface area contributed by atoms with Crippen LogP contribution >= 0.6 is 0 Å². The van der Waals surface area contributed by atoms with Crippen LogP contribution in [-0.2, 0) is 9.53 Å². The number of aliphatic carboxylic acids is 1. The van der Waals surface area contributed by atoms with Gasteiger partial charge in [0.1, 0.15) is 0 Å². The lowest BCUT2D eigenvalue weighted by Gasteiger charge is -2.34. The van der Waals surface area contributed by atoms with Gasteiger partial charge >= 0.3 is 5.97 Å². The molecule has 0 spiro atoms. The molecule has 1 N–H and O–H groups in total. The van der Waals surface area contributed by atoms with Gasteiger partial charge < -0.3 is 9.84 Å². The summed E-state index contributed by atoms with van der Waals surface area (Å²) in [7, 11) is 1.94. The minimum absolute atomic E-state index is 0.0243. The third-order valence-corrected chi connectivity index (χ3v) is 2.41. The zero-order valence-corrected chi connectivity index (χ0v) is 7.49.